The third-order valence-electron chi connectivity index (χ3n) is 4.26. The van der Waals surface area contributed by atoms with Crippen LogP contribution in [-0.4, -0.2) is 20.6 Å². The van der Waals surface area contributed by atoms with Crippen LogP contribution in [-0.2, 0) is 14.6 Å². The zero-order chi connectivity index (χ0) is 16.4. The van der Waals surface area contributed by atoms with Crippen molar-refractivity contribution in [1.29, 1.82) is 5.26 Å². The van der Waals surface area contributed by atoms with Gasteiger partial charge in [0.05, 0.1) is 17.0 Å². The van der Waals surface area contributed by atoms with E-state index in [9.17, 15) is 18.5 Å². The Hall–Kier alpha value is -1.87. The standard InChI is InChI=1S/C16H20N2O3S/c1-12(13-5-7-14(8-6-13)22(2,20)21)18-15(19)16(11-17)9-3-4-10-16/h5-8,12H,3-4,9-10H2,1-2H3,(H,18,19). The Labute approximate surface area is 131 Å². The highest BCUT2D eigenvalue weighted by Crippen LogP contribution is 2.38. The van der Waals surface area contributed by atoms with Gasteiger partial charge in [0.2, 0.25) is 5.91 Å². The first-order chi connectivity index (χ1) is 10.3. The van der Waals surface area contributed by atoms with Gasteiger partial charge in [-0.2, -0.15) is 5.26 Å². The number of nitrogens with zero attached hydrogens (tertiary/aromatic N) is 1. The average Bonchev–Trinajstić information content (AvgIpc) is 2.96. The fourth-order valence-corrected chi connectivity index (χ4v) is 3.42. The van der Waals surface area contributed by atoms with Gasteiger partial charge in [0.15, 0.2) is 9.84 Å². The van der Waals surface area contributed by atoms with Gasteiger partial charge in [0.1, 0.15) is 5.41 Å². The number of rotatable bonds is 4. The van der Waals surface area contributed by atoms with Crippen molar-refractivity contribution in [3.8, 4) is 6.07 Å². The summed E-state index contributed by atoms with van der Waals surface area (Å²) in [5.74, 6) is -0.229. The van der Waals surface area contributed by atoms with Crippen molar-refractivity contribution < 1.29 is 13.2 Å². The molecule has 0 radical (unpaired) electrons. The molecule has 0 heterocycles. The lowest BCUT2D eigenvalue weighted by molar-refractivity contribution is -0.128. The van der Waals surface area contributed by atoms with Crippen LogP contribution in [0.15, 0.2) is 29.2 Å². The molecule has 1 aliphatic rings. The highest BCUT2D eigenvalue weighted by molar-refractivity contribution is 7.90. The minimum Gasteiger partial charge on any atom is -0.348 e. The summed E-state index contributed by atoms with van der Waals surface area (Å²) in [5, 5.41) is 12.2. The molecule has 1 amide bonds. The lowest BCUT2D eigenvalue weighted by atomic mass is 9.86. The molecular formula is C16H20N2O3S. The van der Waals surface area contributed by atoms with Gasteiger partial charge in [-0.05, 0) is 37.5 Å². The summed E-state index contributed by atoms with van der Waals surface area (Å²) in [6.07, 6.45) is 4.17. The molecule has 118 valence electrons. The molecule has 5 nitrogen and oxygen atoms in total. The lowest BCUT2D eigenvalue weighted by Gasteiger charge is -2.23. The number of hydrogen-bond acceptors (Lipinski definition) is 4. The Bertz CT molecular complexity index is 696. The fourth-order valence-electron chi connectivity index (χ4n) is 2.79. The predicted octanol–water partition coefficient (Wildman–Crippen LogP) is 2.35. The van der Waals surface area contributed by atoms with E-state index in [1.54, 1.807) is 12.1 Å². The molecular weight excluding hydrogens is 300 g/mol. The molecule has 1 aliphatic carbocycles. The zero-order valence-electron chi connectivity index (χ0n) is 12.8. The van der Waals surface area contributed by atoms with E-state index in [4.69, 9.17) is 0 Å². The van der Waals surface area contributed by atoms with Gasteiger partial charge in [-0.1, -0.05) is 25.0 Å². The molecule has 0 aromatic heterocycles. The van der Waals surface area contributed by atoms with E-state index < -0.39 is 15.3 Å². The van der Waals surface area contributed by atoms with E-state index in [1.165, 1.54) is 12.1 Å². The van der Waals surface area contributed by atoms with Gasteiger partial charge >= 0.3 is 0 Å². The van der Waals surface area contributed by atoms with Crippen molar-refractivity contribution in [2.75, 3.05) is 6.26 Å². The van der Waals surface area contributed by atoms with E-state index in [2.05, 4.69) is 11.4 Å². The molecule has 1 unspecified atom stereocenters. The second-order valence-corrected chi connectivity index (χ2v) is 7.95. The SMILES string of the molecule is CC(NC(=O)C1(C#N)CCCC1)c1ccc(S(C)(=O)=O)cc1. The smallest absolute Gasteiger partial charge is 0.240 e. The van der Waals surface area contributed by atoms with Crippen LogP contribution >= 0.6 is 0 Å². The number of hydrogen-bond donors (Lipinski definition) is 1. The molecule has 0 bridgehead atoms. The maximum Gasteiger partial charge on any atom is 0.240 e. The number of carbonyl (C=O) groups excluding carboxylic acids is 1. The highest BCUT2D eigenvalue weighted by Gasteiger charge is 2.41. The Balaban J connectivity index is 2.11. The molecule has 1 fully saturated rings. The van der Waals surface area contributed by atoms with E-state index in [0.717, 1.165) is 24.7 Å². The number of carbonyl (C=O) groups is 1. The van der Waals surface area contributed by atoms with Crippen molar-refractivity contribution in [3.63, 3.8) is 0 Å². The predicted molar refractivity (Wildman–Crippen MR) is 82.6 cm³/mol. The first-order valence-electron chi connectivity index (χ1n) is 7.31. The summed E-state index contributed by atoms with van der Waals surface area (Å²) >= 11 is 0. The Morgan fingerprint density at radius 2 is 1.82 bits per heavy atom. The molecule has 1 aromatic carbocycles. The topological polar surface area (TPSA) is 87.0 Å². The van der Waals surface area contributed by atoms with Gasteiger partial charge in [0.25, 0.3) is 0 Å². The maximum atomic E-state index is 12.4. The Kier molecular flexibility index (Phi) is 4.57. The molecule has 1 saturated carbocycles. The van der Waals surface area contributed by atoms with Gasteiger partial charge in [0, 0.05) is 6.26 Å². The van der Waals surface area contributed by atoms with Crippen LogP contribution in [0, 0.1) is 16.7 Å². The van der Waals surface area contributed by atoms with Crippen LogP contribution in [0.3, 0.4) is 0 Å². The second kappa shape index (κ2) is 6.09. The third-order valence-corrected chi connectivity index (χ3v) is 5.39. The maximum absolute atomic E-state index is 12.4. The van der Waals surface area contributed by atoms with Crippen LogP contribution in [0.2, 0.25) is 0 Å². The van der Waals surface area contributed by atoms with E-state index in [0.29, 0.717) is 12.8 Å². The largest absolute Gasteiger partial charge is 0.348 e. The minimum atomic E-state index is -3.23. The molecule has 0 saturated heterocycles. The number of amides is 1. The molecule has 1 aromatic rings. The molecule has 1 N–H and O–H groups in total. The molecule has 0 spiro atoms. The van der Waals surface area contributed by atoms with Crippen molar-refractivity contribution in [1.82, 2.24) is 5.32 Å². The van der Waals surface area contributed by atoms with Crippen LogP contribution < -0.4 is 5.32 Å². The van der Waals surface area contributed by atoms with E-state index >= 15 is 0 Å². The first-order valence-corrected chi connectivity index (χ1v) is 9.20. The number of nitriles is 1. The highest BCUT2D eigenvalue weighted by atomic mass is 32.2. The van der Waals surface area contributed by atoms with Gasteiger partial charge in [-0.3, -0.25) is 4.79 Å². The normalized spacial score (nSPS) is 18.4. The summed E-state index contributed by atoms with van der Waals surface area (Å²) in [4.78, 5) is 12.6. The van der Waals surface area contributed by atoms with Gasteiger partial charge < -0.3 is 5.32 Å². The quantitative estimate of drug-likeness (QED) is 0.922. The van der Waals surface area contributed by atoms with E-state index in [1.807, 2.05) is 6.92 Å². The van der Waals surface area contributed by atoms with Crippen LogP contribution in [0.25, 0.3) is 0 Å². The third kappa shape index (κ3) is 3.30. The summed E-state index contributed by atoms with van der Waals surface area (Å²) in [7, 11) is -3.23. The van der Waals surface area contributed by atoms with Gasteiger partial charge in [-0.25, -0.2) is 8.42 Å². The van der Waals surface area contributed by atoms with Crippen molar-refractivity contribution in [2.45, 2.75) is 43.5 Å². The summed E-state index contributed by atoms with van der Waals surface area (Å²) in [6.45, 7) is 1.83. The summed E-state index contributed by atoms with van der Waals surface area (Å²) in [5.41, 5.74) is -0.0899. The van der Waals surface area contributed by atoms with Crippen molar-refractivity contribution in [3.05, 3.63) is 29.8 Å². The molecule has 2 rings (SSSR count). The summed E-state index contributed by atoms with van der Waals surface area (Å²) < 4.78 is 22.9. The number of nitrogens with one attached hydrogen (secondary N) is 1. The van der Waals surface area contributed by atoms with Crippen LogP contribution in [0.1, 0.15) is 44.2 Å². The lowest BCUT2D eigenvalue weighted by Crippen LogP contribution is -2.39. The van der Waals surface area contributed by atoms with Crippen molar-refractivity contribution in [2.24, 2.45) is 5.41 Å². The average molecular weight is 320 g/mol. The minimum absolute atomic E-state index is 0.229. The summed E-state index contributed by atoms with van der Waals surface area (Å²) in [6, 6.07) is 8.34. The van der Waals surface area contributed by atoms with Crippen LogP contribution in [0.5, 0.6) is 0 Å². The second-order valence-electron chi connectivity index (χ2n) is 5.94. The molecule has 1 atom stereocenters. The molecule has 0 aliphatic heterocycles. The molecule has 22 heavy (non-hydrogen) atoms. The zero-order valence-corrected chi connectivity index (χ0v) is 13.6. The van der Waals surface area contributed by atoms with Gasteiger partial charge in [-0.15, -0.1) is 0 Å². The molecule has 6 heteroatoms. The fraction of sp³-hybridized carbons (Fsp3) is 0.500. The number of benzene rings is 1. The van der Waals surface area contributed by atoms with E-state index in [-0.39, 0.29) is 16.8 Å². The number of sulfone groups is 1. The monoisotopic (exact) mass is 320 g/mol. The van der Waals surface area contributed by atoms with Crippen LogP contribution in [0.4, 0.5) is 0 Å². The Morgan fingerprint density at radius 1 is 1.27 bits per heavy atom. The first kappa shape index (κ1) is 16.5. The van der Waals surface area contributed by atoms with Crippen molar-refractivity contribution >= 4 is 15.7 Å². The Morgan fingerprint density at radius 3 is 2.27 bits per heavy atom.